The fourth-order valence-corrected chi connectivity index (χ4v) is 6.00. The maximum Gasteiger partial charge on any atom is 0.312 e. The third kappa shape index (κ3) is 2.48. The standard InChI is InChI=1S/C21H24N2O3/c1-12(18-22-17-5-3-2-4-16(17)19(24)23-18)26-20(25)21-9-13-6-14(10-21)8-15(7-13)11-21/h2-5,12-15H,6-11H2,1H3,(H,22,23,24)/t12-,13?,14?,15?,21?/m0/s1. The van der Waals surface area contributed by atoms with Gasteiger partial charge in [0.05, 0.1) is 16.3 Å². The summed E-state index contributed by atoms with van der Waals surface area (Å²) in [6, 6.07) is 7.22. The van der Waals surface area contributed by atoms with E-state index in [1.165, 1.54) is 19.3 Å². The van der Waals surface area contributed by atoms with Crippen molar-refractivity contribution in [3.63, 3.8) is 0 Å². The molecule has 4 bridgehead atoms. The van der Waals surface area contributed by atoms with Gasteiger partial charge in [-0.1, -0.05) is 12.1 Å². The second-order valence-corrected chi connectivity index (χ2v) is 8.71. The van der Waals surface area contributed by atoms with Crippen LogP contribution in [0.3, 0.4) is 0 Å². The molecule has 1 atom stereocenters. The van der Waals surface area contributed by atoms with Crippen molar-refractivity contribution in [2.45, 2.75) is 51.6 Å². The van der Waals surface area contributed by atoms with Gasteiger partial charge in [0, 0.05) is 0 Å². The van der Waals surface area contributed by atoms with E-state index in [-0.39, 0.29) is 16.9 Å². The molecule has 0 spiro atoms. The van der Waals surface area contributed by atoms with Crippen LogP contribution in [0, 0.1) is 23.2 Å². The highest BCUT2D eigenvalue weighted by Crippen LogP contribution is 2.60. The van der Waals surface area contributed by atoms with E-state index < -0.39 is 6.10 Å². The molecule has 4 aliphatic carbocycles. The van der Waals surface area contributed by atoms with E-state index in [0.29, 0.717) is 34.5 Å². The molecule has 0 aliphatic heterocycles. The molecule has 5 nitrogen and oxygen atoms in total. The van der Waals surface area contributed by atoms with Crippen molar-refractivity contribution in [1.29, 1.82) is 0 Å². The normalized spacial score (nSPS) is 33.3. The molecule has 4 aliphatic rings. The average molecular weight is 352 g/mol. The van der Waals surface area contributed by atoms with E-state index in [1.807, 2.05) is 18.2 Å². The quantitative estimate of drug-likeness (QED) is 0.854. The lowest BCUT2D eigenvalue weighted by Crippen LogP contribution is -2.50. The second-order valence-electron chi connectivity index (χ2n) is 8.71. The number of carbonyl (C=O) groups excluding carboxylic acids is 1. The van der Waals surface area contributed by atoms with Crippen molar-refractivity contribution >= 4 is 16.9 Å². The molecule has 1 aromatic carbocycles. The number of esters is 1. The number of rotatable bonds is 3. The Bertz CT molecular complexity index is 897. The lowest BCUT2D eigenvalue weighted by Gasteiger charge is -2.55. The topological polar surface area (TPSA) is 72.0 Å². The minimum absolute atomic E-state index is 0.0834. The van der Waals surface area contributed by atoms with Gasteiger partial charge in [-0.05, 0) is 75.3 Å². The Morgan fingerprint density at radius 1 is 1.15 bits per heavy atom. The Morgan fingerprint density at radius 2 is 1.77 bits per heavy atom. The van der Waals surface area contributed by atoms with Gasteiger partial charge in [-0.2, -0.15) is 0 Å². The highest BCUT2D eigenvalue weighted by Gasteiger charge is 2.55. The van der Waals surface area contributed by atoms with Crippen LogP contribution < -0.4 is 5.56 Å². The van der Waals surface area contributed by atoms with Crippen molar-refractivity contribution in [2.24, 2.45) is 23.2 Å². The Balaban J connectivity index is 1.39. The maximum absolute atomic E-state index is 13.1. The Kier molecular flexibility index (Phi) is 3.49. The first kappa shape index (κ1) is 16.0. The molecule has 0 unspecified atom stereocenters. The molecule has 6 rings (SSSR count). The van der Waals surface area contributed by atoms with Crippen molar-refractivity contribution in [3.8, 4) is 0 Å². The Labute approximate surface area is 152 Å². The molecule has 0 amide bonds. The van der Waals surface area contributed by atoms with Crippen LogP contribution in [0.1, 0.15) is 57.4 Å². The van der Waals surface area contributed by atoms with E-state index in [4.69, 9.17) is 4.74 Å². The summed E-state index contributed by atoms with van der Waals surface area (Å²) in [4.78, 5) is 32.7. The number of nitrogens with one attached hydrogen (secondary N) is 1. The molecule has 1 heterocycles. The molecule has 26 heavy (non-hydrogen) atoms. The van der Waals surface area contributed by atoms with E-state index in [0.717, 1.165) is 19.3 Å². The monoisotopic (exact) mass is 352 g/mol. The number of benzene rings is 1. The van der Waals surface area contributed by atoms with Gasteiger partial charge >= 0.3 is 5.97 Å². The lowest BCUT2D eigenvalue weighted by atomic mass is 9.49. The molecule has 5 heteroatoms. The summed E-state index contributed by atoms with van der Waals surface area (Å²) in [5.41, 5.74) is 0.146. The number of carbonyl (C=O) groups is 1. The van der Waals surface area contributed by atoms with Crippen LogP contribution in [-0.4, -0.2) is 15.9 Å². The molecular weight excluding hydrogens is 328 g/mol. The number of aromatic amines is 1. The number of aromatic nitrogens is 2. The van der Waals surface area contributed by atoms with Crippen LogP contribution in [0.2, 0.25) is 0 Å². The predicted molar refractivity (Wildman–Crippen MR) is 97.5 cm³/mol. The average Bonchev–Trinajstić information content (AvgIpc) is 2.60. The van der Waals surface area contributed by atoms with Gasteiger partial charge in [-0.25, -0.2) is 4.98 Å². The molecule has 4 fully saturated rings. The summed E-state index contributed by atoms with van der Waals surface area (Å²) in [5.74, 6) is 2.43. The summed E-state index contributed by atoms with van der Waals surface area (Å²) in [6.45, 7) is 1.80. The van der Waals surface area contributed by atoms with Crippen molar-refractivity contribution in [2.75, 3.05) is 0 Å². The van der Waals surface area contributed by atoms with Crippen LogP contribution >= 0.6 is 0 Å². The minimum Gasteiger partial charge on any atom is -0.454 e. The lowest BCUT2D eigenvalue weighted by molar-refractivity contribution is -0.177. The highest BCUT2D eigenvalue weighted by atomic mass is 16.5. The summed E-state index contributed by atoms with van der Waals surface area (Å²) >= 11 is 0. The fraction of sp³-hybridized carbons (Fsp3) is 0.571. The van der Waals surface area contributed by atoms with Crippen molar-refractivity contribution in [3.05, 3.63) is 40.4 Å². The van der Waals surface area contributed by atoms with E-state index in [2.05, 4.69) is 9.97 Å². The SMILES string of the molecule is C[C@H](OC(=O)C12CC3CC(CC(C3)C1)C2)c1nc2ccccc2c(=O)[nH]1. The first-order valence-corrected chi connectivity index (χ1v) is 9.72. The molecule has 1 N–H and O–H groups in total. The zero-order valence-electron chi connectivity index (χ0n) is 15.0. The van der Waals surface area contributed by atoms with Gasteiger partial charge < -0.3 is 9.72 Å². The number of hydrogen-bond acceptors (Lipinski definition) is 4. The van der Waals surface area contributed by atoms with Crippen LogP contribution in [-0.2, 0) is 9.53 Å². The number of hydrogen-bond donors (Lipinski definition) is 1. The zero-order chi connectivity index (χ0) is 17.9. The van der Waals surface area contributed by atoms with Gasteiger partial charge in [-0.15, -0.1) is 0 Å². The summed E-state index contributed by atoms with van der Waals surface area (Å²) in [7, 11) is 0. The van der Waals surface area contributed by atoms with Gasteiger partial charge in [0.1, 0.15) is 0 Å². The first-order valence-electron chi connectivity index (χ1n) is 9.72. The van der Waals surface area contributed by atoms with E-state index in [1.54, 1.807) is 13.0 Å². The molecular formula is C21H24N2O3. The smallest absolute Gasteiger partial charge is 0.312 e. The Morgan fingerprint density at radius 3 is 2.42 bits per heavy atom. The van der Waals surface area contributed by atoms with Crippen LogP contribution in [0.4, 0.5) is 0 Å². The summed E-state index contributed by atoms with van der Waals surface area (Å²) in [6.07, 6.45) is 6.27. The van der Waals surface area contributed by atoms with Gasteiger partial charge in [-0.3, -0.25) is 9.59 Å². The number of nitrogens with zero attached hydrogens (tertiary/aromatic N) is 1. The summed E-state index contributed by atoms with van der Waals surface area (Å²) in [5, 5.41) is 0.552. The van der Waals surface area contributed by atoms with Crippen LogP contribution in [0.25, 0.3) is 10.9 Å². The zero-order valence-corrected chi connectivity index (χ0v) is 15.0. The second kappa shape index (κ2) is 5.66. The number of ether oxygens (including phenoxy) is 1. The number of para-hydroxylation sites is 1. The van der Waals surface area contributed by atoms with Gasteiger partial charge in [0.25, 0.3) is 5.56 Å². The fourth-order valence-electron chi connectivity index (χ4n) is 6.00. The predicted octanol–water partition coefficient (Wildman–Crippen LogP) is 3.74. The van der Waals surface area contributed by atoms with Crippen molar-refractivity contribution in [1.82, 2.24) is 9.97 Å². The minimum atomic E-state index is -0.548. The largest absolute Gasteiger partial charge is 0.454 e. The molecule has 0 saturated heterocycles. The third-order valence-electron chi connectivity index (χ3n) is 6.77. The number of H-pyrrole nitrogens is 1. The van der Waals surface area contributed by atoms with E-state index >= 15 is 0 Å². The number of fused-ring (bicyclic) bond motifs is 1. The van der Waals surface area contributed by atoms with E-state index in [9.17, 15) is 9.59 Å². The van der Waals surface area contributed by atoms with Gasteiger partial charge in [0.2, 0.25) is 0 Å². The first-order chi connectivity index (χ1) is 12.5. The van der Waals surface area contributed by atoms with Crippen LogP contribution in [0.5, 0.6) is 0 Å². The van der Waals surface area contributed by atoms with Gasteiger partial charge in [0.15, 0.2) is 11.9 Å². The molecule has 4 saturated carbocycles. The highest BCUT2D eigenvalue weighted by molar-refractivity contribution is 5.78. The third-order valence-corrected chi connectivity index (χ3v) is 6.77. The summed E-state index contributed by atoms with van der Waals surface area (Å²) < 4.78 is 5.85. The maximum atomic E-state index is 13.1. The Hall–Kier alpha value is -2.17. The molecule has 2 aromatic rings. The van der Waals surface area contributed by atoms with Crippen molar-refractivity contribution < 1.29 is 9.53 Å². The molecule has 136 valence electrons. The molecule has 1 aromatic heterocycles. The van der Waals surface area contributed by atoms with Crippen LogP contribution in [0.15, 0.2) is 29.1 Å². The molecule has 0 radical (unpaired) electrons.